The highest BCUT2D eigenvalue weighted by molar-refractivity contribution is 7.86. The SMILES string of the molecule is COc1cncc(-c2cc(C3(c4ccc(OS(C)(=O)=O)cc4)N=C(N)N(C)C3=O)ccc2F)c1. The molecular weight excluding hydrogens is 463 g/mol. The van der Waals surface area contributed by atoms with Gasteiger partial charge in [0.15, 0.2) is 11.5 Å². The van der Waals surface area contributed by atoms with Gasteiger partial charge in [-0.2, -0.15) is 8.42 Å². The first kappa shape index (κ1) is 23.2. The van der Waals surface area contributed by atoms with Gasteiger partial charge in [-0.1, -0.05) is 18.2 Å². The lowest BCUT2D eigenvalue weighted by atomic mass is 9.81. The lowest BCUT2D eigenvalue weighted by Crippen LogP contribution is -2.41. The van der Waals surface area contributed by atoms with Gasteiger partial charge >= 0.3 is 10.1 Å². The molecule has 0 spiro atoms. The third kappa shape index (κ3) is 4.05. The van der Waals surface area contributed by atoms with E-state index in [1.807, 2.05) is 0 Å². The maximum absolute atomic E-state index is 14.9. The van der Waals surface area contributed by atoms with Crippen molar-refractivity contribution in [1.82, 2.24) is 9.88 Å². The lowest BCUT2D eigenvalue weighted by Gasteiger charge is -2.27. The molecule has 4 rings (SSSR count). The van der Waals surface area contributed by atoms with E-state index in [-0.39, 0.29) is 17.3 Å². The van der Waals surface area contributed by atoms with Gasteiger partial charge in [0.2, 0.25) is 0 Å². The van der Waals surface area contributed by atoms with Crippen molar-refractivity contribution in [3.8, 4) is 22.6 Å². The van der Waals surface area contributed by atoms with Crippen molar-refractivity contribution in [3.63, 3.8) is 0 Å². The zero-order valence-electron chi connectivity index (χ0n) is 18.5. The number of guanidine groups is 1. The second kappa shape index (κ2) is 8.41. The second-order valence-electron chi connectivity index (χ2n) is 7.66. The molecule has 0 saturated heterocycles. The molecule has 0 fully saturated rings. The summed E-state index contributed by atoms with van der Waals surface area (Å²) in [4.78, 5) is 23.2. The Balaban J connectivity index is 1.89. The first-order valence-corrected chi connectivity index (χ1v) is 11.8. The second-order valence-corrected chi connectivity index (χ2v) is 9.24. The summed E-state index contributed by atoms with van der Waals surface area (Å²) >= 11 is 0. The Morgan fingerprint density at radius 3 is 2.29 bits per heavy atom. The van der Waals surface area contributed by atoms with E-state index in [4.69, 9.17) is 14.7 Å². The van der Waals surface area contributed by atoms with Crippen LogP contribution in [0.2, 0.25) is 0 Å². The van der Waals surface area contributed by atoms with Crippen LogP contribution < -0.4 is 14.7 Å². The number of carbonyl (C=O) groups is 1. The number of halogens is 1. The molecule has 1 aliphatic heterocycles. The molecule has 2 aromatic carbocycles. The molecule has 1 aliphatic rings. The average molecular weight is 485 g/mol. The Morgan fingerprint density at radius 1 is 1.03 bits per heavy atom. The van der Waals surface area contributed by atoms with Gasteiger partial charge in [0.1, 0.15) is 17.3 Å². The standard InChI is InChI=1S/C23H21FN4O5S/c1-28-21(29)23(27-22(28)25,15-4-7-17(8-5-15)33-34(3,30)31)16-6-9-20(24)19(11-16)14-10-18(32-2)13-26-12-14/h4-13H,1-3H3,(H2,25,27). The largest absolute Gasteiger partial charge is 0.495 e. The van der Waals surface area contributed by atoms with Gasteiger partial charge in [-0.15, -0.1) is 0 Å². The van der Waals surface area contributed by atoms with Crippen LogP contribution in [0.4, 0.5) is 4.39 Å². The number of likely N-dealkylation sites (N-methyl/N-ethyl adjacent to an activating group) is 1. The van der Waals surface area contributed by atoms with Crippen molar-refractivity contribution in [1.29, 1.82) is 0 Å². The summed E-state index contributed by atoms with van der Waals surface area (Å²) in [6.07, 6.45) is 3.90. The minimum Gasteiger partial charge on any atom is -0.495 e. The predicted molar refractivity (Wildman–Crippen MR) is 123 cm³/mol. The first-order chi connectivity index (χ1) is 16.0. The Bertz CT molecular complexity index is 1410. The molecule has 1 unspecified atom stereocenters. The highest BCUT2D eigenvalue weighted by Crippen LogP contribution is 2.41. The van der Waals surface area contributed by atoms with Crippen LogP contribution in [0, 0.1) is 5.82 Å². The molecular formula is C23H21FN4O5S. The van der Waals surface area contributed by atoms with Crippen LogP contribution in [0.5, 0.6) is 11.5 Å². The quantitative estimate of drug-likeness (QED) is 0.532. The summed E-state index contributed by atoms with van der Waals surface area (Å²) in [5.41, 5.74) is 5.78. The summed E-state index contributed by atoms with van der Waals surface area (Å²) in [5, 5.41) is 0. The summed E-state index contributed by atoms with van der Waals surface area (Å²) < 4.78 is 47.8. The van der Waals surface area contributed by atoms with E-state index in [2.05, 4.69) is 9.98 Å². The number of ether oxygens (including phenoxy) is 1. The first-order valence-electron chi connectivity index (χ1n) is 9.98. The molecule has 1 aromatic heterocycles. The van der Waals surface area contributed by atoms with Gasteiger partial charge in [-0.05, 0) is 41.5 Å². The summed E-state index contributed by atoms with van der Waals surface area (Å²) in [5.74, 6) is -0.489. The fourth-order valence-electron chi connectivity index (χ4n) is 3.76. The highest BCUT2D eigenvalue weighted by atomic mass is 32.2. The van der Waals surface area contributed by atoms with Crippen molar-refractivity contribution >= 4 is 22.0 Å². The van der Waals surface area contributed by atoms with Crippen LogP contribution in [0.3, 0.4) is 0 Å². The van der Waals surface area contributed by atoms with Crippen LogP contribution in [0.25, 0.3) is 11.1 Å². The number of aliphatic imine (C=N–C) groups is 1. The Labute approximate surface area is 195 Å². The van der Waals surface area contributed by atoms with E-state index >= 15 is 0 Å². The summed E-state index contributed by atoms with van der Waals surface area (Å²) in [6.45, 7) is 0. The fraction of sp³-hybridized carbons (Fsp3) is 0.174. The monoisotopic (exact) mass is 484 g/mol. The van der Waals surface area contributed by atoms with Gasteiger partial charge < -0.3 is 14.7 Å². The van der Waals surface area contributed by atoms with E-state index in [9.17, 15) is 17.6 Å². The number of hydrogen-bond acceptors (Lipinski definition) is 8. The number of benzene rings is 2. The van der Waals surface area contributed by atoms with Crippen LogP contribution in [0.1, 0.15) is 11.1 Å². The number of methoxy groups -OCH3 is 1. The number of hydrogen-bond donors (Lipinski definition) is 1. The zero-order chi connectivity index (χ0) is 24.7. The number of carbonyl (C=O) groups excluding carboxylic acids is 1. The van der Waals surface area contributed by atoms with E-state index in [1.165, 1.54) is 73.9 Å². The molecule has 9 nitrogen and oxygen atoms in total. The third-order valence-corrected chi connectivity index (χ3v) is 5.90. The van der Waals surface area contributed by atoms with Crippen LogP contribution >= 0.6 is 0 Å². The van der Waals surface area contributed by atoms with Gasteiger partial charge in [0.25, 0.3) is 5.91 Å². The lowest BCUT2D eigenvalue weighted by molar-refractivity contribution is -0.129. The van der Waals surface area contributed by atoms with E-state index < -0.39 is 27.4 Å². The number of aromatic nitrogens is 1. The topological polar surface area (TPSA) is 124 Å². The normalized spacial score (nSPS) is 18.1. The number of pyridine rings is 1. The Hall–Kier alpha value is -3.99. The van der Waals surface area contributed by atoms with Gasteiger partial charge in [0.05, 0.1) is 19.6 Å². The number of rotatable bonds is 6. The van der Waals surface area contributed by atoms with Crippen molar-refractivity contribution in [2.75, 3.05) is 20.4 Å². The molecule has 0 saturated carbocycles. The van der Waals surface area contributed by atoms with Gasteiger partial charge in [-0.3, -0.25) is 14.7 Å². The minimum atomic E-state index is -3.73. The zero-order valence-corrected chi connectivity index (χ0v) is 19.3. The third-order valence-electron chi connectivity index (χ3n) is 5.40. The van der Waals surface area contributed by atoms with Crippen molar-refractivity contribution in [2.24, 2.45) is 10.7 Å². The molecule has 11 heteroatoms. The molecule has 0 bridgehead atoms. The average Bonchev–Trinajstić information content (AvgIpc) is 3.03. The molecule has 1 atom stereocenters. The molecule has 34 heavy (non-hydrogen) atoms. The number of amides is 1. The molecule has 3 aromatic rings. The Morgan fingerprint density at radius 2 is 1.71 bits per heavy atom. The maximum atomic E-state index is 14.9. The van der Waals surface area contributed by atoms with Gasteiger partial charge in [-0.25, -0.2) is 9.38 Å². The van der Waals surface area contributed by atoms with E-state index in [0.717, 1.165) is 6.26 Å². The molecule has 0 aliphatic carbocycles. The molecule has 2 heterocycles. The highest BCUT2D eigenvalue weighted by Gasteiger charge is 2.49. The number of nitrogens with two attached hydrogens (primary N) is 1. The Kier molecular flexibility index (Phi) is 5.74. The molecule has 1 amide bonds. The van der Waals surface area contributed by atoms with Crippen LogP contribution in [0.15, 0.2) is 65.9 Å². The van der Waals surface area contributed by atoms with Crippen molar-refractivity contribution < 1.29 is 26.5 Å². The molecule has 176 valence electrons. The van der Waals surface area contributed by atoms with E-state index in [1.54, 1.807) is 6.07 Å². The molecule has 2 N–H and O–H groups in total. The van der Waals surface area contributed by atoms with Crippen LogP contribution in [-0.2, 0) is 20.5 Å². The number of nitrogens with zero attached hydrogens (tertiary/aromatic N) is 3. The van der Waals surface area contributed by atoms with Gasteiger partial charge in [0, 0.05) is 24.4 Å². The smallest absolute Gasteiger partial charge is 0.306 e. The summed E-state index contributed by atoms with van der Waals surface area (Å²) in [7, 11) is -0.769. The maximum Gasteiger partial charge on any atom is 0.306 e. The summed E-state index contributed by atoms with van der Waals surface area (Å²) in [6, 6.07) is 11.7. The van der Waals surface area contributed by atoms with Crippen molar-refractivity contribution in [3.05, 3.63) is 77.9 Å². The predicted octanol–water partition coefficient (Wildman–Crippen LogP) is 2.26. The van der Waals surface area contributed by atoms with E-state index in [0.29, 0.717) is 22.4 Å². The minimum absolute atomic E-state index is 0.0182. The van der Waals surface area contributed by atoms with Crippen molar-refractivity contribution in [2.45, 2.75) is 5.54 Å². The van der Waals surface area contributed by atoms with Crippen LogP contribution in [-0.4, -0.2) is 50.6 Å². The molecule has 0 radical (unpaired) electrons. The fourth-order valence-corrected chi connectivity index (χ4v) is 4.22.